The summed E-state index contributed by atoms with van der Waals surface area (Å²) in [6.45, 7) is 1.55. The Morgan fingerprint density at radius 3 is 2.80 bits per heavy atom. The predicted octanol–water partition coefficient (Wildman–Crippen LogP) is 0.761. The van der Waals surface area contributed by atoms with Crippen LogP contribution in [0.5, 0.6) is 0 Å². The van der Waals surface area contributed by atoms with E-state index in [0.29, 0.717) is 17.4 Å². The van der Waals surface area contributed by atoms with Crippen LogP contribution in [0.1, 0.15) is 15.9 Å². The number of hydrogen-bond acceptors (Lipinski definition) is 3. The third kappa shape index (κ3) is 0.978. The smallest absolute Gasteiger partial charge is 0.339 e. The van der Waals surface area contributed by atoms with Crippen LogP contribution in [0.3, 0.4) is 0 Å². The molecule has 0 bridgehead atoms. The summed E-state index contributed by atoms with van der Waals surface area (Å²) in [7, 11) is 0. The predicted molar refractivity (Wildman–Crippen MR) is 35.1 cm³/mol. The van der Waals surface area contributed by atoms with Crippen LogP contribution in [0.2, 0.25) is 0 Å². The fourth-order valence-corrected chi connectivity index (χ4v) is 0.628. The monoisotopic (exact) mass is 138 g/mol. The van der Waals surface area contributed by atoms with Gasteiger partial charge in [-0.2, -0.15) is 0 Å². The highest BCUT2D eigenvalue weighted by molar-refractivity contribution is 5.76. The van der Waals surface area contributed by atoms with E-state index in [4.69, 9.17) is 0 Å². The van der Waals surface area contributed by atoms with Gasteiger partial charge in [0.2, 0.25) is 0 Å². The van der Waals surface area contributed by atoms with Gasteiger partial charge in [0.25, 0.3) is 0 Å². The Morgan fingerprint density at radius 2 is 2.30 bits per heavy atom. The van der Waals surface area contributed by atoms with Gasteiger partial charge in [-0.05, 0) is 13.0 Å². The van der Waals surface area contributed by atoms with Gasteiger partial charge >= 0.3 is 5.63 Å². The van der Waals surface area contributed by atoms with Crippen molar-refractivity contribution in [1.29, 1.82) is 0 Å². The van der Waals surface area contributed by atoms with E-state index in [1.807, 2.05) is 0 Å². The van der Waals surface area contributed by atoms with Crippen molar-refractivity contribution in [2.75, 3.05) is 0 Å². The first kappa shape index (κ1) is 6.74. The second-order valence-corrected chi connectivity index (χ2v) is 1.91. The van der Waals surface area contributed by atoms with E-state index >= 15 is 0 Å². The van der Waals surface area contributed by atoms with E-state index in [2.05, 4.69) is 4.42 Å². The summed E-state index contributed by atoms with van der Waals surface area (Å²) in [5.41, 5.74) is 0.290. The molecule has 3 heteroatoms. The van der Waals surface area contributed by atoms with Crippen molar-refractivity contribution in [3.63, 3.8) is 0 Å². The topological polar surface area (TPSA) is 47.3 Å². The summed E-state index contributed by atoms with van der Waals surface area (Å²) >= 11 is 0. The molecule has 0 atom stereocenters. The van der Waals surface area contributed by atoms with Crippen molar-refractivity contribution in [3.8, 4) is 0 Å². The van der Waals surface area contributed by atoms with Gasteiger partial charge in [0, 0.05) is 11.1 Å². The second-order valence-electron chi connectivity index (χ2n) is 1.91. The molecule has 0 aromatic carbocycles. The van der Waals surface area contributed by atoms with Gasteiger partial charge in [-0.3, -0.25) is 4.79 Å². The molecule has 10 heavy (non-hydrogen) atoms. The maximum atomic E-state index is 10.7. The summed E-state index contributed by atoms with van der Waals surface area (Å²) < 4.78 is 4.49. The van der Waals surface area contributed by atoms with Crippen molar-refractivity contribution < 1.29 is 9.21 Å². The molecule has 0 saturated carbocycles. The summed E-state index contributed by atoms with van der Waals surface area (Å²) in [4.78, 5) is 20.9. The highest BCUT2D eigenvalue weighted by atomic mass is 16.4. The van der Waals surface area contributed by atoms with E-state index in [1.165, 1.54) is 12.3 Å². The number of rotatable bonds is 1. The average molecular weight is 138 g/mol. The highest BCUT2D eigenvalue weighted by Crippen LogP contribution is 1.96. The number of hydrogen-bond donors (Lipinski definition) is 0. The lowest BCUT2D eigenvalue weighted by Gasteiger charge is -1.90. The molecule has 1 aromatic rings. The molecule has 0 unspecified atom stereocenters. The van der Waals surface area contributed by atoms with Crippen LogP contribution in [-0.4, -0.2) is 6.29 Å². The Bertz CT molecular complexity index is 298. The Kier molecular flexibility index (Phi) is 1.67. The molecule has 0 aliphatic heterocycles. The largest absolute Gasteiger partial charge is 0.431 e. The van der Waals surface area contributed by atoms with Crippen LogP contribution in [-0.2, 0) is 0 Å². The zero-order valence-electron chi connectivity index (χ0n) is 5.46. The lowest BCUT2D eigenvalue weighted by molar-refractivity contribution is 0.112. The second kappa shape index (κ2) is 2.47. The maximum Gasteiger partial charge on any atom is 0.339 e. The van der Waals surface area contributed by atoms with Gasteiger partial charge < -0.3 is 4.42 Å². The molecule has 0 aliphatic rings. The van der Waals surface area contributed by atoms with Crippen molar-refractivity contribution in [3.05, 3.63) is 33.9 Å². The molecular weight excluding hydrogens is 132 g/mol. The first-order valence-corrected chi connectivity index (χ1v) is 2.79. The van der Waals surface area contributed by atoms with Crippen LogP contribution in [0.25, 0.3) is 0 Å². The number of aldehydes is 1. The normalized spacial score (nSPS) is 9.30. The van der Waals surface area contributed by atoms with Crippen molar-refractivity contribution >= 4 is 6.29 Å². The molecule has 3 nitrogen and oxygen atoms in total. The Morgan fingerprint density at radius 1 is 1.60 bits per heavy atom. The lowest BCUT2D eigenvalue weighted by atomic mass is 10.2. The van der Waals surface area contributed by atoms with Crippen LogP contribution in [0, 0.1) is 6.92 Å². The Labute approximate surface area is 57.3 Å². The minimum Gasteiger partial charge on any atom is -0.431 e. The van der Waals surface area contributed by atoms with E-state index < -0.39 is 5.63 Å². The van der Waals surface area contributed by atoms with Crippen molar-refractivity contribution in [2.24, 2.45) is 0 Å². The fourth-order valence-electron chi connectivity index (χ4n) is 0.628. The van der Waals surface area contributed by atoms with Crippen LogP contribution < -0.4 is 5.63 Å². The third-order valence-electron chi connectivity index (χ3n) is 1.29. The van der Waals surface area contributed by atoms with E-state index in [0.717, 1.165) is 0 Å². The van der Waals surface area contributed by atoms with Gasteiger partial charge in [0.05, 0.1) is 6.26 Å². The third-order valence-corrected chi connectivity index (χ3v) is 1.29. The molecule has 0 N–H and O–H groups in total. The molecule has 1 heterocycles. The zero-order valence-corrected chi connectivity index (χ0v) is 5.46. The van der Waals surface area contributed by atoms with Gasteiger partial charge in [-0.1, -0.05) is 0 Å². The molecule has 0 spiro atoms. The first-order chi connectivity index (χ1) is 4.75. The molecule has 1 rings (SSSR count). The minimum atomic E-state index is -0.454. The van der Waals surface area contributed by atoms with Crippen LogP contribution >= 0.6 is 0 Å². The van der Waals surface area contributed by atoms with Gasteiger partial charge in [0.1, 0.15) is 0 Å². The summed E-state index contributed by atoms with van der Waals surface area (Å²) in [6, 6.07) is 1.46. The molecule has 0 amide bonds. The van der Waals surface area contributed by atoms with Gasteiger partial charge in [-0.15, -0.1) is 0 Å². The molecule has 0 saturated heterocycles. The standard InChI is InChI=1S/C7H6O3/c1-5-6(4-8)2-3-10-7(5)9/h2-4H,1H3. The van der Waals surface area contributed by atoms with Gasteiger partial charge in [-0.25, -0.2) is 4.79 Å². The maximum absolute atomic E-state index is 10.7. The van der Waals surface area contributed by atoms with E-state index in [-0.39, 0.29) is 0 Å². The van der Waals surface area contributed by atoms with E-state index in [9.17, 15) is 9.59 Å². The van der Waals surface area contributed by atoms with E-state index in [1.54, 1.807) is 6.92 Å². The molecule has 52 valence electrons. The van der Waals surface area contributed by atoms with Crippen LogP contribution in [0.4, 0.5) is 0 Å². The summed E-state index contributed by atoms with van der Waals surface area (Å²) in [5.74, 6) is 0. The number of carbonyl (C=O) groups excluding carboxylic acids is 1. The van der Waals surface area contributed by atoms with Crippen molar-refractivity contribution in [1.82, 2.24) is 0 Å². The van der Waals surface area contributed by atoms with Crippen molar-refractivity contribution in [2.45, 2.75) is 6.92 Å². The zero-order chi connectivity index (χ0) is 7.56. The Hall–Kier alpha value is -1.38. The summed E-state index contributed by atoms with van der Waals surface area (Å²) in [6.07, 6.45) is 1.84. The quantitative estimate of drug-likeness (QED) is 0.538. The molecule has 1 aromatic heterocycles. The molecule has 0 fully saturated rings. The summed E-state index contributed by atoms with van der Waals surface area (Å²) in [5, 5.41) is 0. The highest BCUT2D eigenvalue weighted by Gasteiger charge is 1.99. The fraction of sp³-hybridized carbons (Fsp3) is 0.143. The first-order valence-electron chi connectivity index (χ1n) is 2.79. The average Bonchev–Trinajstić information content (AvgIpc) is 1.95. The Balaban J connectivity index is 3.41. The molecule has 0 radical (unpaired) electrons. The molecule has 0 aliphatic carbocycles. The molecular formula is C7H6O3. The SMILES string of the molecule is Cc1c(C=O)ccoc1=O. The number of carbonyl (C=O) groups is 1. The van der Waals surface area contributed by atoms with Gasteiger partial charge in [0.15, 0.2) is 6.29 Å². The lowest BCUT2D eigenvalue weighted by Crippen LogP contribution is -2.05. The minimum absolute atomic E-state index is 0.359. The van der Waals surface area contributed by atoms with Crippen LogP contribution in [0.15, 0.2) is 21.5 Å².